The molecule has 0 saturated heterocycles. The lowest BCUT2D eigenvalue weighted by Gasteiger charge is -2.24. The standard InChI is InChI=1S/C12H17ClN2O2S/c1-17-7-5-15(4-6-16)11-3-2-9(12(14)18)8-10(11)13/h2-3,8,16H,4-7H2,1H3,(H2,14,18). The van der Waals surface area contributed by atoms with Crippen molar-refractivity contribution in [2.75, 3.05) is 38.3 Å². The van der Waals surface area contributed by atoms with Gasteiger partial charge in [0.2, 0.25) is 0 Å². The van der Waals surface area contributed by atoms with Crippen molar-refractivity contribution in [3.63, 3.8) is 0 Å². The zero-order valence-electron chi connectivity index (χ0n) is 10.2. The average Bonchev–Trinajstić information content (AvgIpc) is 2.34. The van der Waals surface area contributed by atoms with Crippen molar-refractivity contribution in [1.29, 1.82) is 0 Å². The number of ether oxygens (including phenoxy) is 1. The third-order valence-electron chi connectivity index (χ3n) is 2.51. The van der Waals surface area contributed by atoms with Gasteiger partial charge in [0.1, 0.15) is 4.99 Å². The van der Waals surface area contributed by atoms with E-state index in [1.807, 2.05) is 17.0 Å². The lowest BCUT2D eigenvalue weighted by Crippen LogP contribution is -2.30. The zero-order valence-corrected chi connectivity index (χ0v) is 11.8. The smallest absolute Gasteiger partial charge is 0.104 e. The fraction of sp³-hybridized carbons (Fsp3) is 0.417. The number of halogens is 1. The first kappa shape index (κ1) is 15.2. The minimum atomic E-state index is 0.0527. The fourth-order valence-corrected chi connectivity index (χ4v) is 2.02. The summed E-state index contributed by atoms with van der Waals surface area (Å²) in [5.74, 6) is 0. The number of methoxy groups -OCH3 is 1. The van der Waals surface area contributed by atoms with E-state index in [2.05, 4.69) is 0 Å². The Balaban J connectivity index is 2.93. The first-order valence-electron chi connectivity index (χ1n) is 5.54. The van der Waals surface area contributed by atoms with Crippen molar-refractivity contribution in [2.45, 2.75) is 0 Å². The Morgan fingerprint density at radius 3 is 2.72 bits per heavy atom. The second-order valence-corrected chi connectivity index (χ2v) is 4.58. The van der Waals surface area contributed by atoms with Crippen molar-refractivity contribution >= 4 is 34.5 Å². The van der Waals surface area contributed by atoms with Crippen LogP contribution >= 0.6 is 23.8 Å². The lowest BCUT2D eigenvalue weighted by molar-refractivity contribution is 0.203. The molecule has 0 bridgehead atoms. The molecule has 0 heterocycles. The maximum atomic E-state index is 9.06. The quantitative estimate of drug-likeness (QED) is 0.743. The van der Waals surface area contributed by atoms with Crippen LogP contribution in [-0.4, -0.2) is 43.5 Å². The molecule has 0 saturated carbocycles. The van der Waals surface area contributed by atoms with Gasteiger partial charge in [-0.15, -0.1) is 0 Å². The Morgan fingerprint density at radius 1 is 1.50 bits per heavy atom. The van der Waals surface area contributed by atoms with E-state index in [1.54, 1.807) is 13.2 Å². The van der Waals surface area contributed by atoms with Crippen LogP contribution in [0.3, 0.4) is 0 Å². The lowest BCUT2D eigenvalue weighted by atomic mass is 10.2. The molecule has 100 valence electrons. The predicted octanol–water partition coefficient (Wildman–Crippen LogP) is 1.42. The summed E-state index contributed by atoms with van der Waals surface area (Å²) in [6.45, 7) is 1.77. The van der Waals surface area contributed by atoms with Crippen LogP contribution in [0.1, 0.15) is 5.56 Å². The summed E-state index contributed by atoms with van der Waals surface area (Å²) in [4.78, 5) is 2.27. The zero-order chi connectivity index (χ0) is 13.5. The Morgan fingerprint density at radius 2 is 2.22 bits per heavy atom. The number of hydrogen-bond donors (Lipinski definition) is 2. The molecule has 0 aliphatic heterocycles. The summed E-state index contributed by atoms with van der Waals surface area (Å²) in [7, 11) is 1.63. The van der Waals surface area contributed by atoms with Crippen LogP contribution in [0.4, 0.5) is 5.69 Å². The van der Waals surface area contributed by atoms with Gasteiger partial charge in [-0.1, -0.05) is 23.8 Å². The highest BCUT2D eigenvalue weighted by Crippen LogP contribution is 2.26. The van der Waals surface area contributed by atoms with Crippen LogP contribution in [-0.2, 0) is 4.74 Å². The molecule has 6 heteroatoms. The van der Waals surface area contributed by atoms with E-state index >= 15 is 0 Å². The Kier molecular flexibility index (Phi) is 6.35. The van der Waals surface area contributed by atoms with Crippen LogP contribution < -0.4 is 10.6 Å². The van der Waals surface area contributed by atoms with Crippen molar-refractivity contribution in [2.24, 2.45) is 5.73 Å². The first-order valence-corrected chi connectivity index (χ1v) is 6.33. The molecule has 1 aromatic rings. The number of nitrogens with two attached hydrogens (primary N) is 1. The normalized spacial score (nSPS) is 10.4. The van der Waals surface area contributed by atoms with Gasteiger partial charge < -0.3 is 20.5 Å². The average molecular weight is 289 g/mol. The molecule has 0 aliphatic rings. The van der Waals surface area contributed by atoms with Crippen molar-refractivity contribution in [1.82, 2.24) is 0 Å². The van der Waals surface area contributed by atoms with Gasteiger partial charge in [-0.25, -0.2) is 0 Å². The number of nitrogens with zero attached hydrogens (tertiary/aromatic N) is 1. The molecule has 0 amide bonds. The predicted molar refractivity (Wildman–Crippen MR) is 78.5 cm³/mol. The van der Waals surface area contributed by atoms with E-state index in [0.29, 0.717) is 29.7 Å². The number of aliphatic hydroxyl groups is 1. The van der Waals surface area contributed by atoms with Crippen LogP contribution in [0.15, 0.2) is 18.2 Å². The molecular weight excluding hydrogens is 272 g/mol. The van der Waals surface area contributed by atoms with E-state index in [1.165, 1.54) is 0 Å². The minimum Gasteiger partial charge on any atom is -0.395 e. The third-order valence-corrected chi connectivity index (χ3v) is 3.05. The highest BCUT2D eigenvalue weighted by Gasteiger charge is 2.11. The van der Waals surface area contributed by atoms with Crippen LogP contribution in [0, 0.1) is 0 Å². The molecule has 1 rings (SSSR count). The highest BCUT2D eigenvalue weighted by molar-refractivity contribution is 7.80. The van der Waals surface area contributed by atoms with Gasteiger partial charge >= 0.3 is 0 Å². The van der Waals surface area contributed by atoms with E-state index in [-0.39, 0.29) is 6.61 Å². The van der Waals surface area contributed by atoms with Gasteiger partial charge in [-0.3, -0.25) is 0 Å². The molecule has 4 nitrogen and oxygen atoms in total. The number of anilines is 1. The topological polar surface area (TPSA) is 58.7 Å². The molecule has 0 radical (unpaired) electrons. The van der Waals surface area contributed by atoms with Crippen molar-refractivity contribution < 1.29 is 9.84 Å². The van der Waals surface area contributed by atoms with E-state index < -0.39 is 0 Å². The Labute approximate surface area is 117 Å². The van der Waals surface area contributed by atoms with Crippen LogP contribution in [0.2, 0.25) is 5.02 Å². The fourth-order valence-electron chi connectivity index (χ4n) is 1.59. The Hall–Kier alpha value is -0.880. The monoisotopic (exact) mass is 288 g/mol. The molecule has 18 heavy (non-hydrogen) atoms. The summed E-state index contributed by atoms with van der Waals surface area (Å²) in [6, 6.07) is 5.40. The molecule has 0 atom stereocenters. The molecular formula is C12H17ClN2O2S. The number of thiocarbonyl (C=S) groups is 1. The van der Waals surface area contributed by atoms with Crippen LogP contribution in [0.5, 0.6) is 0 Å². The van der Waals surface area contributed by atoms with Gasteiger partial charge in [0.15, 0.2) is 0 Å². The highest BCUT2D eigenvalue weighted by atomic mass is 35.5. The van der Waals surface area contributed by atoms with Gasteiger partial charge in [0.25, 0.3) is 0 Å². The van der Waals surface area contributed by atoms with Gasteiger partial charge in [0, 0.05) is 25.8 Å². The summed E-state index contributed by atoms with van der Waals surface area (Å²) < 4.78 is 5.03. The number of rotatable bonds is 7. The first-order chi connectivity index (χ1) is 8.60. The van der Waals surface area contributed by atoms with Gasteiger partial charge in [-0.05, 0) is 18.2 Å². The van der Waals surface area contributed by atoms with E-state index in [0.717, 1.165) is 11.3 Å². The summed E-state index contributed by atoms with van der Waals surface area (Å²) in [5, 5.41) is 9.62. The maximum absolute atomic E-state index is 9.06. The molecule has 0 spiro atoms. The van der Waals surface area contributed by atoms with Crippen LogP contribution in [0.25, 0.3) is 0 Å². The number of aliphatic hydroxyl groups excluding tert-OH is 1. The Bertz CT molecular complexity index is 415. The third kappa shape index (κ3) is 4.10. The van der Waals surface area contributed by atoms with E-state index in [4.69, 9.17) is 39.4 Å². The van der Waals surface area contributed by atoms with Crippen molar-refractivity contribution in [3.05, 3.63) is 28.8 Å². The van der Waals surface area contributed by atoms with Gasteiger partial charge in [-0.2, -0.15) is 0 Å². The summed E-state index contributed by atoms with van der Waals surface area (Å²) in [6.07, 6.45) is 0. The van der Waals surface area contributed by atoms with Crippen molar-refractivity contribution in [3.8, 4) is 0 Å². The summed E-state index contributed by atoms with van der Waals surface area (Å²) in [5.41, 5.74) is 7.11. The van der Waals surface area contributed by atoms with Gasteiger partial charge in [0.05, 0.1) is 23.9 Å². The number of benzene rings is 1. The molecule has 0 unspecified atom stereocenters. The van der Waals surface area contributed by atoms with E-state index in [9.17, 15) is 0 Å². The maximum Gasteiger partial charge on any atom is 0.104 e. The minimum absolute atomic E-state index is 0.0527. The molecule has 3 N–H and O–H groups in total. The molecule has 0 aromatic heterocycles. The largest absolute Gasteiger partial charge is 0.395 e. The SMILES string of the molecule is COCCN(CCO)c1ccc(C(N)=S)cc1Cl. The molecule has 0 fully saturated rings. The molecule has 1 aromatic carbocycles. The molecule has 0 aliphatic carbocycles. The number of hydrogen-bond acceptors (Lipinski definition) is 4. The summed E-state index contributed by atoms with van der Waals surface area (Å²) >= 11 is 11.1. The second kappa shape index (κ2) is 7.53. The second-order valence-electron chi connectivity index (χ2n) is 3.73.